The summed E-state index contributed by atoms with van der Waals surface area (Å²) in [6.07, 6.45) is 7.46. The molecule has 0 amide bonds. The minimum Gasteiger partial charge on any atom is -0.0620 e. The molecule has 0 heteroatoms. The molecule has 0 aromatic carbocycles. The van der Waals surface area contributed by atoms with Gasteiger partial charge in [0, 0.05) is 0 Å². The SMILES string of the molecule is CC(CC1(C)CC1)C1(C)CC1. The average Bonchev–Trinajstić information content (AvgIpc) is 2.75. The minimum absolute atomic E-state index is 0.756. The molecule has 0 aromatic heterocycles. The van der Waals surface area contributed by atoms with E-state index in [4.69, 9.17) is 0 Å². The van der Waals surface area contributed by atoms with Gasteiger partial charge in [0.2, 0.25) is 0 Å². The highest BCUT2D eigenvalue weighted by atomic mass is 14.5. The van der Waals surface area contributed by atoms with Crippen molar-refractivity contribution in [3.8, 4) is 0 Å². The Morgan fingerprint density at radius 2 is 1.64 bits per heavy atom. The van der Waals surface area contributed by atoms with E-state index in [9.17, 15) is 0 Å². The third-order valence-corrected chi connectivity index (χ3v) is 4.13. The van der Waals surface area contributed by atoms with Gasteiger partial charge in [0.25, 0.3) is 0 Å². The van der Waals surface area contributed by atoms with E-state index in [1.807, 2.05) is 0 Å². The van der Waals surface area contributed by atoms with Crippen LogP contribution in [0.1, 0.15) is 52.9 Å². The van der Waals surface area contributed by atoms with Gasteiger partial charge in [0.15, 0.2) is 0 Å². The first kappa shape index (κ1) is 7.64. The first-order valence-corrected chi connectivity index (χ1v) is 5.04. The van der Waals surface area contributed by atoms with Crippen LogP contribution in [0.2, 0.25) is 0 Å². The van der Waals surface area contributed by atoms with Crippen LogP contribution in [0.25, 0.3) is 0 Å². The Bertz CT molecular complexity index is 161. The molecule has 11 heavy (non-hydrogen) atoms. The summed E-state index contributed by atoms with van der Waals surface area (Å²) in [5.41, 5.74) is 1.52. The Hall–Kier alpha value is 0. The summed E-state index contributed by atoms with van der Waals surface area (Å²) in [6.45, 7) is 7.37. The van der Waals surface area contributed by atoms with Crippen LogP contribution >= 0.6 is 0 Å². The van der Waals surface area contributed by atoms with Crippen molar-refractivity contribution in [1.82, 2.24) is 0 Å². The van der Waals surface area contributed by atoms with E-state index in [0.717, 1.165) is 16.7 Å². The van der Waals surface area contributed by atoms with Crippen molar-refractivity contribution < 1.29 is 0 Å². The largest absolute Gasteiger partial charge is 0.0620 e. The highest BCUT2D eigenvalue weighted by molar-refractivity contribution is 4.98. The molecule has 0 aliphatic heterocycles. The maximum absolute atomic E-state index is 2.46. The molecule has 0 bridgehead atoms. The summed E-state index contributed by atoms with van der Waals surface area (Å²) in [5.74, 6) is 0.981. The molecule has 2 rings (SSSR count). The Morgan fingerprint density at radius 1 is 1.09 bits per heavy atom. The second-order valence-corrected chi connectivity index (χ2v) is 5.57. The third kappa shape index (κ3) is 1.45. The number of rotatable bonds is 3. The Kier molecular flexibility index (Phi) is 1.41. The van der Waals surface area contributed by atoms with Crippen LogP contribution in [0, 0.1) is 16.7 Å². The molecule has 2 aliphatic carbocycles. The third-order valence-electron chi connectivity index (χ3n) is 4.13. The van der Waals surface area contributed by atoms with Crippen LogP contribution in [0.3, 0.4) is 0 Å². The monoisotopic (exact) mass is 152 g/mol. The van der Waals surface area contributed by atoms with E-state index >= 15 is 0 Å². The molecule has 0 radical (unpaired) electrons. The summed E-state index contributed by atoms with van der Waals surface area (Å²) >= 11 is 0. The number of hydrogen-bond donors (Lipinski definition) is 0. The molecule has 2 fully saturated rings. The fourth-order valence-corrected chi connectivity index (χ4v) is 2.09. The van der Waals surface area contributed by atoms with E-state index in [1.54, 1.807) is 0 Å². The summed E-state index contributed by atoms with van der Waals surface area (Å²) in [7, 11) is 0. The van der Waals surface area contributed by atoms with E-state index in [1.165, 1.54) is 32.1 Å². The van der Waals surface area contributed by atoms with Crippen molar-refractivity contribution in [1.29, 1.82) is 0 Å². The molecule has 2 aliphatic rings. The first-order valence-electron chi connectivity index (χ1n) is 5.04. The molecule has 1 atom stereocenters. The normalized spacial score (nSPS) is 33.0. The fourth-order valence-electron chi connectivity index (χ4n) is 2.09. The lowest BCUT2D eigenvalue weighted by atomic mass is 9.84. The molecule has 0 aromatic rings. The molecule has 1 unspecified atom stereocenters. The Labute approximate surface area is 70.4 Å². The Balaban J connectivity index is 1.86. The minimum atomic E-state index is 0.756. The first-order chi connectivity index (χ1) is 5.04. The zero-order valence-electron chi connectivity index (χ0n) is 8.11. The van der Waals surface area contributed by atoms with Crippen molar-refractivity contribution in [3.05, 3.63) is 0 Å². The molecule has 2 saturated carbocycles. The lowest BCUT2D eigenvalue weighted by Crippen LogP contribution is -2.12. The van der Waals surface area contributed by atoms with Gasteiger partial charge in [0.1, 0.15) is 0 Å². The van der Waals surface area contributed by atoms with Gasteiger partial charge in [0.05, 0.1) is 0 Å². The summed E-state index contributed by atoms with van der Waals surface area (Å²) in [4.78, 5) is 0. The quantitative estimate of drug-likeness (QED) is 0.579. The zero-order valence-corrected chi connectivity index (χ0v) is 8.11. The van der Waals surface area contributed by atoms with E-state index in [0.29, 0.717) is 0 Å². The lowest BCUT2D eigenvalue weighted by molar-refractivity contribution is 0.284. The molecule has 0 nitrogen and oxygen atoms in total. The summed E-state index contributed by atoms with van der Waals surface area (Å²) in [5, 5.41) is 0. The van der Waals surface area contributed by atoms with Crippen molar-refractivity contribution in [3.63, 3.8) is 0 Å². The van der Waals surface area contributed by atoms with Crippen molar-refractivity contribution in [2.75, 3.05) is 0 Å². The fraction of sp³-hybridized carbons (Fsp3) is 1.00. The van der Waals surface area contributed by atoms with Gasteiger partial charge in [-0.3, -0.25) is 0 Å². The van der Waals surface area contributed by atoms with Gasteiger partial charge in [-0.05, 0) is 48.9 Å². The van der Waals surface area contributed by atoms with Gasteiger partial charge >= 0.3 is 0 Å². The predicted molar refractivity (Wildman–Crippen MR) is 48.5 cm³/mol. The topological polar surface area (TPSA) is 0 Å². The summed E-state index contributed by atoms with van der Waals surface area (Å²) < 4.78 is 0. The summed E-state index contributed by atoms with van der Waals surface area (Å²) in [6, 6.07) is 0. The molecule has 0 heterocycles. The van der Waals surface area contributed by atoms with Crippen molar-refractivity contribution in [2.45, 2.75) is 52.9 Å². The van der Waals surface area contributed by atoms with Crippen LogP contribution in [0.15, 0.2) is 0 Å². The molecule has 0 saturated heterocycles. The smallest absolute Gasteiger partial charge is 0.0300 e. The molecule has 64 valence electrons. The van der Waals surface area contributed by atoms with Crippen LogP contribution < -0.4 is 0 Å². The van der Waals surface area contributed by atoms with Crippen LogP contribution in [0.5, 0.6) is 0 Å². The average molecular weight is 152 g/mol. The van der Waals surface area contributed by atoms with Gasteiger partial charge < -0.3 is 0 Å². The molecule has 0 spiro atoms. The van der Waals surface area contributed by atoms with Gasteiger partial charge in [-0.15, -0.1) is 0 Å². The second kappa shape index (κ2) is 2.02. The standard InChI is InChI=1S/C11H20/c1-9(11(3)6-7-11)8-10(2)4-5-10/h9H,4-8H2,1-3H3. The highest BCUT2D eigenvalue weighted by Gasteiger charge is 2.47. The van der Waals surface area contributed by atoms with Crippen LogP contribution in [-0.2, 0) is 0 Å². The molecular formula is C11H20. The zero-order chi connectivity index (χ0) is 8.11. The van der Waals surface area contributed by atoms with Crippen molar-refractivity contribution in [2.24, 2.45) is 16.7 Å². The van der Waals surface area contributed by atoms with E-state index in [2.05, 4.69) is 20.8 Å². The maximum Gasteiger partial charge on any atom is -0.0300 e. The second-order valence-electron chi connectivity index (χ2n) is 5.57. The van der Waals surface area contributed by atoms with Gasteiger partial charge in [-0.1, -0.05) is 20.8 Å². The number of hydrogen-bond acceptors (Lipinski definition) is 0. The highest BCUT2D eigenvalue weighted by Crippen LogP contribution is 2.59. The lowest BCUT2D eigenvalue weighted by Gasteiger charge is -2.22. The van der Waals surface area contributed by atoms with Crippen LogP contribution in [0.4, 0.5) is 0 Å². The van der Waals surface area contributed by atoms with E-state index < -0.39 is 0 Å². The maximum atomic E-state index is 2.46. The predicted octanol–water partition coefficient (Wildman–Crippen LogP) is 3.61. The van der Waals surface area contributed by atoms with Gasteiger partial charge in [-0.25, -0.2) is 0 Å². The van der Waals surface area contributed by atoms with E-state index in [-0.39, 0.29) is 0 Å². The van der Waals surface area contributed by atoms with Crippen molar-refractivity contribution >= 4 is 0 Å². The Morgan fingerprint density at radius 3 is 2.00 bits per heavy atom. The van der Waals surface area contributed by atoms with Gasteiger partial charge in [-0.2, -0.15) is 0 Å². The van der Waals surface area contributed by atoms with Crippen LogP contribution in [-0.4, -0.2) is 0 Å². The molecular weight excluding hydrogens is 132 g/mol. The molecule has 0 N–H and O–H groups in total.